The Morgan fingerprint density at radius 2 is 2.13 bits per heavy atom. The summed E-state index contributed by atoms with van der Waals surface area (Å²) in [5.41, 5.74) is 1.04. The highest BCUT2D eigenvalue weighted by Gasteiger charge is 2.25. The molecule has 1 aromatic carbocycles. The minimum absolute atomic E-state index is 0.0711. The molecule has 118 valence electrons. The van der Waals surface area contributed by atoms with Gasteiger partial charge in [-0.15, -0.1) is 0 Å². The van der Waals surface area contributed by atoms with E-state index < -0.39 is 11.5 Å². The lowest BCUT2D eigenvalue weighted by atomic mass is 10.0. The third-order valence-electron chi connectivity index (χ3n) is 3.97. The average Bonchev–Trinajstić information content (AvgIpc) is 2.55. The number of para-hydroxylation sites is 1. The first-order chi connectivity index (χ1) is 11.1. The number of nitrogens with one attached hydrogen (secondary N) is 1. The van der Waals surface area contributed by atoms with E-state index >= 15 is 0 Å². The summed E-state index contributed by atoms with van der Waals surface area (Å²) in [5.74, 6) is -0.717. The normalized spacial score (nSPS) is 18.5. The van der Waals surface area contributed by atoms with Crippen molar-refractivity contribution in [2.45, 2.75) is 25.8 Å². The molecule has 1 aliphatic rings. The summed E-state index contributed by atoms with van der Waals surface area (Å²) in [6.07, 6.45) is 4.52. The smallest absolute Gasteiger partial charge is 0.342 e. The van der Waals surface area contributed by atoms with Gasteiger partial charge < -0.3 is 10.4 Å². The molecule has 0 amide bonds. The second-order valence-electron chi connectivity index (χ2n) is 5.54. The van der Waals surface area contributed by atoms with E-state index in [9.17, 15) is 9.59 Å². The van der Waals surface area contributed by atoms with E-state index in [0.717, 1.165) is 30.3 Å². The Hall–Kier alpha value is -2.89. The standard InChI is InChI=1S/C17H17N3O3/c1-11-7-8-12(9-18-13-5-3-2-4-6-13)15-19-10-14(17(22)23)16(21)20(11)15/h2-6,9-11,18H,7-8H2,1H3,(H,22,23)/b12-9+. The lowest BCUT2D eigenvalue weighted by molar-refractivity contribution is 0.0693. The number of carboxylic acids is 1. The van der Waals surface area contributed by atoms with Crippen molar-refractivity contribution in [1.29, 1.82) is 0 Å². The number of aromatic nitrogens is 2. The Labute approximate surface area is 133 Å². The number of anilines is 1. The molecule has 1 unspecified atom stereocenters. The van der Waals surface area contributed by atoms with Crippen LogP contribution in [-0.4, -0.2) is 20.6 Å². The van der Waals surface area contributed by atoms with E-state index in [0.29, 0.717) is 5.82 Å². The lowest BCUT2D eigenvalue weighted by Gasteiger charge is -2.26. The Balaban J connectivity index is 2.01. The third-order valence-corrected chi connectivity index (χ3v) is 3.97. The van der Waals surface area contributed by atoms with Crippen LogP contribution in [0.25, 0.3) is 5.57 Å². The topological polar surface area (TPSA) is 84.2 Å². The van der Waals surface area contributed by atoms with Crippen LogP contribution in [0.3, 0.4) is 0 Å². The van der Waals surface area contributed by atoms with Crippen molar-refractivity contribution < 1.29 is 9.90 Å². The van der Waals surface area contributed by atoms with E-state index in [-0.39, 0.29) is 11.6 Å². The summed E-state index contributed by atoms with van der Waals surface area (Å²) in [6.45, 7) is 1.90. The van der Waals surface area contributed by atoms with E-state index in [4.69, 9.17) is 5.11 Å². The zero-order valence-electron chi connectivity index (χ0n) is 12.7. The maximum Gasteiger partial charge on any atom is 0.342 e. The Bertz CT molecular complexity index is 825. The van der Waals surface area contributed by atoms with Crippen LogP contribution in [-0.2, 0) is 0 Å². The summed E-state index contributed by atoms with van der Waals surface area (Å²) in [5, 5.41) is 12.3. The van der Waals surface area contributed by atoms with Gasteiger partial charge in [-0.1, -0.05) is 18.2 Å². The number of nitrogens with zero attached hydrogens (tertiary/aromatic N) is 2. The zero-order valence-corrected chi connectivity index (χ0v) is 12.7. The van der Waals surface area contributed by atoms with Crippen molar-refractivity contribution >= 4 is 17.2 Å². The molecule has 1 aliphatic heterocycles. The quantitative estimate of drug-likeness (QED) is 0.910. The van der Waals surface area contributed by atoms with Gasteiger partial charge in [-0.25, -0.2) is 9.78 Å². The van der Waals surface area contributed by atoms with Gasteiger partial charge in [0.05, 0.1) is 0 Å². The third kappa shape index (κ3) is 2.88. The van der Waals surface area contributed by atoms with E-state index in [1.54, 1.807) is 0 Å². The molecule has 0 saturated carbocycles. The molecule has 3 rings (SSSR count). The van der Waals surface area contributed by atoms with Crippen LogP contribution in [0.1, 0.15) is 42.0 Å². The molecule has 2 aromatic rings. The predicted octanol–water partition coefficient (Wildman–Crippen LogP) is 2.75. The van der Waals surface area contributed by atoms with E-state index in [2.05, 4.69) is 10.3 Å². The maximum absolute atomic E-state index is 12.4. The zero-order chi connectivity index (χ0) is 16.4. The van der Waals surface area contributed by atoms with Gasteiger partial charge in [-0.05, 0) is 31.9 Å². The number of benzene rings is 1. The minimum Gasteiger partial charge on any atom is -0.477 e. The molecular formula is C17H17N3O3. The van der Waals surface area contributed by atoms with Crippen LogP contribution in [0.4, 0.5) is 5.69 Å². The number of rotatable bonds is 3. The highest BCUT2D eigenvalue weighted by molar-refractivity contribution is 5.87. The summed E-state index contributed by atoms with van der Waals surface area (Å²) in [4.78, 5) is 27.7. The first kappa shape index (κ1) is 15.0. The van der Waals surface area contributed by atoms with Gasteiger partial charge in [0.2, 0.25) is 0 Å². The average molecular weight is 311 g/mol. The Kier molecular flexibility index (Phi) is 3.97. The van der Waals surface area contributed by atoms with Gasteiger partial charge in [0.15, 0.2) is 0 Å². The molecule has 6 heteroatoms. The molecule has 2 N–H and O–H groups in total. The van der Waals surface area contributed by atoms with Crippen LogP contribution in [0, 0.1) is 0 Å². The molecule has 0 fully saturated rings. The highest BCUT2D eigenvalue weighted by atomic mass is 16.4. The summed E-state index contributed by atoms with van der Waals surface area (Å²) >= 11 is 0. The molecule has 0 aliphatic carbocycles. The lowest BCUT2D eigenvalue weighted by Crippen LogP contribution is -2.34. The maximum atomic E-state index is 12.4. The van der Waals surface area contributed by atoms with Gasteiger partial charge in [-0.3, -0.25) is 9.36 Å². The monoisotopic (exact) mass is 311 g/mol. The summed E-state index contributed by atoms with van der Waals surface area (Å²) in [7, 11) is 0. The van der Waals surface area contributed by atoms with Crippen LogP contribution in [0.15, 0.2) is 47.5 Å². The molecule has 1 atom stereocenters. The van der Waals surface area contributed by atoms with Crippen molar-refractivity contribution in [3.05, 3.63) is 64.5 Å². The molecule has 6 nitrogen and oxygen atoms in total. The van der Waals surface area contributed by atoms with Crippen LogP contribution < -0.4 is 10.9 Å². The van der Waals surface area contributed by atoms with Gasteiger partial charge in [-0.2, -0.15) is 0 Å². The fraction of sp³-hybridized carbons (Fsp3) is 0.235. The summed E-state index contributed by atoms with van der Waals surface area (Å²) < 4.78 is 1.48. The van der Waals surface area contributed by atoms with E-state index in [1.807, 2.05) is 43.5 Å². The second kappa shape index (κ2) is 6.08. The number of hydrogen-bond donors (Lipinski definition) is 2. The fourth-order valence-electron chi connectivity index (χ4n) is 2.71. The molecule has 0 radical (unpaired) electrons. The largest absolute Gasteiger partial charge is 0.477 e. The molecule has 0 saturated heterocycles. The van der Waals surface area contributed by atoms with Crippen molar-refractivity contribution in [2.24, 2.45) is 0 Å². The van der Waals surface area contributed by atoms with E-state index in [1.165, 1.54) is 4.57 Å². The van der Waals surface area contributed by atoms with Gasteiger partial charge >= 0.3 is 5.97 Å². The Morgan fingerprint density at radius 1 is 1.39 bits per heavy atom. The highest BCUT2D eigenvalue weighted by Crippen LogP contribution is 2.29. The van der Waals surface area contributed by atoms with Crippen LogP contribution in [0.5, 0.6) is 0 Å². The Morgan fingerprint density at radius 3 is 2.83 bits per heavy atom. The van der Waals surface area contributed by atoms with Crippen molar-refractivity contribution in [3.63, 3.8) is 0 Å². The van der Waals surface area contributed by atoms with Gasteiger partial charge in [0, 0.05) is 29.7 Å². The number of allylic oxidation sites excluding steroid dienone is 1. The molecular weight excluding hydrogens is 294 g/mol. The minimum atomic E-state index is -1.25. The number of fused-ring (bicyclic) bond motifs is 1. The molecule has 2 heterocycles. The van der Waals surface area contributed by atoms with Gasteiger partial charge in [0.1, 0.15) is 11.4 Å². The number of carbonyl (C=O) groups is 1. The summed E-state index contributed by atoms with van der Waals surface area (Å²) in [6, 6.07) is 9.61. The second-order valence-corrected chi connectivity index (χ2v) is 5.54. The van der Waals surface area contributed by atoms with Crippen molar-refractivity contribution in [1.82, 2.24) is 9.55 Å². The van der Waals surface area contributed by atoms with Gasteiger partial charge in [0.25, 0.3) is 5.56 Å². The van der Waals surface area contributed by atoms with Crippen LogP contribution >= 0.6 is 0 Å². The molecule has 0 bridgehead atoms. The fourth-order valence-corrected chi connectivity index (χ4v) is 2.71. The molecule has 1 aromatic heterocycles. The number of aromatic carboxylic acids is 1. The number of hydrogen-bond acceptors (Lipinski definition) is 4. The number of carboxylic acid groups (broad SMARTS) is 1. The van der Waals surface area contributed by atoms with Crippen molar-refractivity contribution in [3.8, 4) is 0 Å². The molecule has 0 spiro atoms. The first-order valence-corrected chi connectivity index (χ1v) is 7.43. The SMILES string of the molecule is CC1CC/C(=C\Nc2ccccc2)c2ncc(C(=O)O)c(=O)n21. The van der Waals surface area contributed by atoms with Crippen molar-refractivity contribution in [2.75, 3.05) is 5.32 Å². The van der Waals surface area contributed by atoms with Crippen LogP contribution in [0.2, 0.25) is 0 Å². The first-order valence-electron chi connectivity index (χ1n) is 7.43. The predicted molar refractivity (Wildman–Crippen MR) is 87.4 cm³/mol. The molecule has 23 heavy (non-hydrogen) atoms.